The molecule has 10 atom stereocenters. The lowest BCUT2D eigenvalue weighted by Crippen LogP contribution is -2.43. The summed E-state index contributed by atoms with van der Waals surface area (Å²) in [5, 5.41) is 30.7. The Kier molecular flexibility index (Phi) is 29.3. The second-order valence-electron chi connectivity index (χ2n) is 26.1. The van der Waals surface area contributed by atoms with Gasteiger partial charge in [-0.15, -0.1) is 0 Å². The van der Waals surface area contributed by atoms with Crippen molar-refractivity contribution in [3.05, 3.63) is 365 Å². The summed E-state index contributed by atoms with van der Waals surface area (Å²) in [6.45, 7) is -3.20. The minimum Gasteiger partial charge on any atom is -0.467 e. The quantitative estimate of drug-likeness (QED) is 0.0301. The topological polar surface area (TPSA) is 220 Å². The highest BCUT2D eigenvalue weighted by Gasteiger charge is 2.37. The van der Waals surface area contributed by atoms with E-state index in [0.29, 0.717) is 34.6 Å². The highest BCUT2D eigenvalue weighted by atomic mass is 79.9. The van der Waals surface area contributed by atoms with Crippen molar-refractivity contribution in [2.45, 2.75) is 65.6 Å². The number of amides is 1. The molecule has 0 aliphatic carbocycles. The molecule has 4 N–H and O–H groups in total. The molecule has 3 aromatic heterocycles. The predicted molar refractivity (Wildman–Crippen MR) is 438 cm³/mol. The first-order valence-corrected chi connectivity index (χ1v) is 37.9. The molecule has 9 aromatic carbocycles. The fourth-order valence-electron chi connectivity index (χ4n) is 12.5. The lowest BCUT2D eigenvalue weighted by Gasteiger charge is -2.22. The number of hydrogen-bond acceptors (Lipinski definition) is 15. The molecular formula is C88H76BBrCl2F5N9O8. The van der Waals surface area contributed by atoms with Crippen molar-refractivity contribution in [2.24, 2.45) is 20.0 Å². The second kappa shape index (κ2) is 40.8. The van der Waals surface area contributed by atoms with Gasteiger partial charge in [0.2, 0.25) is 23.6 Å². The number of halogens is 8. The normalized spacial score (nSPS) is 18.8. The lowest BCUT2D eigenvalue weighted by molar-refractivity contribution is -0.121. The highest BCUT2D eigenvalue weighted by molar-refractivity contribution is 9.10. The molecule has 26 heteroatoms. The van der Waals surface area contributed by atoms with E-state index in [9.17, 15) is 31.9 Å². The van der Waals surface area contributed by atoms with E-state index in [-0.39, 0.29) is 6.10 Å². The Balaban J connectivity index is 0.000000132. The van der Waals surface area contributed by atoms with Gasteiger partial charge in [0.15, 0.2) is 29.3 Å². The van der Waals surface area contributed by atoms with Gasteiger partial charge in [0.1, 0.15) is 63.6 Å². The summed E-state index contributed by atoms with van der Waals surface area (Å²) >= 11 is 14.2. The molecule has 16 rings (SSSR count). The molecule has 0 radical (unpaired) electrons. The largest absolute Gasteiger partial charge is 0.488 e. The maximum Gasteiger partial charge on any atom is 0.488 e. The van der Waals surface area contributed by atoms with E-state index in [0.717, 1.165) is 76.9 Å². The van der Waals surface area contributed by atoms with Gasteiger partial charge in [-0.1, -0.05) is 221 Å². The number of alkyl halides is 7. The third-order valence-corrected chi connectivity index (χ3v) is 19.5. The SMILES string of the molecule is FC[C@H]1N=C(c2ccccc2)O[C@@H]1c1ccc(-c2cccnc2)cc1.FC[C@H]1N=C(c2ccccc2)O[C@@H]1c1ccc(-n2ccnc2)cc1.FC[C@H]1N=C(c2ccccc2)O[C@@H]1c1ccc(Br)cc1.O=C(N[C@H](CF)[C@H](O)c1ccc(-c2cccnc2)cc1)C(Cl)Cl.OB(O)c1ccc([C@H]2OC(c3ccccc3)=N[C@@H]2CF)cc1. The number of nitrogens with zero attached hydrogens (tertiary/aromatic N) is 8. The number of carbonyl (C=O) groups is 1. The summed E-state index contributed by atoms with van der Waals surface area (Å²) in [7, 11) is -1.52. The molecule has 0 saturated heterocycles. The first-order chi connectivity index (χ1) is 55.7. The number of ether oxygens (including phenoxy) is 4. The number of benzene rings is 9. The van der Waals surface area contributed by atoms with E-state index in [2.05, 4.69) is 56.2 Å². The third kappa shape index (κ3) is 21.4. The lowest BCUT2D eigenvalue weighted by atomic mass is 9.80. The van der Waals surface area contributed by atoms with Gasteiger partial charge < -0.3 is 44.0 Å². The van der Waals surface area contributed by atoms with E-state index in [1.54, 1.807) is 79.6 Å². The van der Waals surface area contributed by atoms with Crippen molar-refractivity contribution >= 4 is 81.2 Å². The average molecular weight is 1640 g/mol. The molecule has 1 amide bonds. The van der Waals surface area contributed by atoms with Crippen molar-refractivity contribution in [3.8, 4) is 27.9 Å². The summed E-state index contributed by atoms with van der Waals surface area (Å²) in [6.07, 6.45) is 9.43. The van der Waals surface area contributed by atoms with Crippen LogP contribution in [0.3, 0.4) is 0 Å². The van der Waals surface area contributed by atoms with Crippen molar-refractivity contribution in [3.63, 3.8) is 0 Å². The van der Waals surface area contributed by atoms with Gasteiger partial charge in [0.25, 0.3) is 5.91 Å². The molecule has 7 heterocycles. The summed E-state index contributed by atoms with van der Waals surface area (Å²) in [6, 6.07) is 79.5. The summed E-state index contributed by atoms with van der Waals surface area (Å²) in [4.78, 5) is 39.8. The number of aliphatic hydroxyl groups is 1. The number of imidazole rings is 1. The van der Waals surface area contributed by atoms with Crippen LogP contribution < -0.4 is 10.8 Å². The fourth-order valence-corrected chi connectivity index (χ4v) is 12.9. The van der Waals surface area contributed by atoms with Crippen LogP contribution in [0.5, 0.6) is 0 Å². The molecule has 0 unspecified atom stereocenters. The smallest absolute Gasteiger partial charge is 0.467 e. The monoisotopic (exact) mass is 1640 g/mol. The molecule has 0 saturated carbocycles. The van der Waals surface area contributed by atoms with Crippen molar-refractivity contribution in [1.29, 1.82) is 0 Å². The first-order valence-electron chi connectivity index (χ1n) is 36.3. The zero-order chi connectivity index (χ0) is 79.7. The van der Waals surface area contributed by atoms with Crippen molar-refractivity contribution in [1.82, 2.24) is 24.8 Å². The number of rotatable bonds is 21. The molecule has 4 aliphatic heterocycles. The average Bonchev–Trinajstić information content (AvgIpc) is 1.67. The maximum atomic E-state index is 13.5. The van der Waals surface area contributed by atoms with E-state index < -0.39 is 106 Å². The highest BCUT2D eigenvalue weighted by Crippen LogP contribution is 2.37. The van der Waals surface area contributed by atoms with E-state index >= 15 is 0 Å². The molecule has 17 nitrogen and oxygen atoms in total. The summed E-state index contributed by atoms with van der Waals surface area (Å²) < 4.78 is 93.0. The Morgan fingerprint density at radius 3 is 1.09 bits per heavy atom. The molecule has 0 spiro atoms. The number of carbonyl (C=O) groups excluding carboxylic acids is 1. The Labute approximate surface area is 674 Å². The van der Waals surface area contributed by atoms with Gasteiger partial charge in [-0.3, -0.25) is 14.8 Å². The molecule has 12 aromatic rings. The molecule has 114 heavy (non-hydrogen) atoms. The second-order valence-corrected chi connectivity index (χ2v) is 28.1. The number of aromatic nitrogens is 4. The Morgan fingerprint density at radius 2 is 0.772 bits per heavy atom. The number of hydrogen-bond donors (Lipinski definition) is 4. The number of aliphatic imine (C=N–C) groups is 4. The van der Waals surface area contributed by atoms with Crippen molar-refractivity contribution in [2.75, 3.05) is 33.4 Å². The van der Waals surface area contributed by atoms with Crippen LogP contribution >= 0.6 is 39.1 Å². The molecular weight excluding hydrogens is 1570 g/mol. The summed E-state index contributed by atoms with van der Waals surface area (Å²) in [5.41, 5.74) is 12.8. The van der Waals surface area contributed by atoms with E-state index in [4.69, 9.17) is 52.2 Å². The van der Waals surface area contributed by atoms with Gasteiger partial charge in [-0.05, 0) is 140 Å². The molecule has 0 fully saturated rings. The number of pyridine rings is 2. The minimum atomic E-state index is -1.52. The minimum absolute atomic E-state index is 0.358. The summed E-state index contributed by atoms with van der Waals surface area (Å²) in [5.74, 6) is 1.20. The van der Waals surface area contributed by atoms with Crippen LogP contribution in [0.25, 0.3) is 27.9 Å². The van der Waals surface area contributed by atoms with Crippen molar-refractivity contribution < 1.29 is 60.8 Å². The number of nitrogens with one attached hydrogen (secondary N) is 1. The Hall–Kier alpha value is -11.5. The molecule has 4 aliphatic rings. The van der Waals surface area contributed by atoms with Crippen LogP contribution in [0.4, 0.5) is 22.0 Å². The van der Waals surface area contributed by atoms with E-state index in [1.807, 2.05) is 235 Å². The molecule has 580 valence electrons. The number of aliphatic hydroxyl groups excluding tert-OH is 1. The fraction of sp³-hybridized carbons (Fsp3) is 0.182. The van der Waals surface area contributed by atoms with Crippen LogP contribution in [-0.2, 0) is 23.7 Å². The van der Waals surface area contributed by atoms with Crippen LogP contribution in [0.2, 0.25) is 0 Å². The zero-order valence-electron chi connectivity index (χ0n) is 60.9. The van der Waals surface area contributed by atoms with Crippen LogP contribution in [0.15, 0.2) is 335 Å². The van der Waals surface area contributed by atoms with Gasteiger partial charge in [-0.25, -0.2) is 46.9 Å². The Morgan fingerprint density at radius 1 is 0.430 bits per heavy atom. The predicted octanol–water partition coefficient (Wildman–Crippen LogP) is 16.9. The van der Waals surface area contributed by atoms with Gasteiger partial charge >= 0.3 is 7.12 Å². The maximum absolute atomic E-state index is 13.5. The van der Waals surface area contributed by atoms with Gasteiger partial charge in [0, 0.05) is 69.6 Å². The third-order valence-electron chi connectivity index (χ3n) is 18.5. The van der Waals surface area contributed by atoms with Gasteiger partial charge in [0.05, 0.1) is 12.4 Å². The van der Waals surface area contributed by atoms with E-state index in [1.165, 1.54) is 0 Å². The molecule has 0 bridgehead atoms. The zero-order valence-corrected chi connectivity index (χ0v) is 64.0. The Bertz CT molecular complexity index is 5100. The first kappa shape index (κ1) is 82.0. The van der Waals surface area contributed by atoms with Crippen LogP contribution in [0.1, 0.15) is 80.6 Å². The van der Waals surface area contributed by atoms with Gasteiger partial charge in [-0.2, -0.15) is 0 Å². The standard InChI is InChI=1S/C21H17FN2O.C19H16FN3O.C16H15BFNO3.C16H13BrFNO.C16H15Cl2FN2O2/c22-13-19-20(25-21(24-19)17-5-2-1-3-6-17)16-10-8-15(9-11-16)18-7-4-12-23-14-18;20-12-17-18(24-19(22-17)15-4-2-1-3-5-15)14-6-8-16(9-7-14)23-11-10-21-13-23;18-10-14-15(11-6-8-13(9-7-11)17(20)21)22-16(19-14)12-4-2-1-3-5-12;17-13-8-6-11(7-9-13)15-14(10-18)19-16(20-15)12-4-2-1-3-5-12;17-15(18)16(23)21-13(8-19)14(22)11-5-3-10(4-6-11)12-2-1-7-20-9-12/h1-12,14,19-20H,13H2;1-11,13,17-18H,12H2;1-9,14-15,20-21H,10H2;1-9,14-15H,10H2;1-7,9,13-15,22H,8H2,(H,21,23)/t19-,20-;17-,18-;2*14-,15-;13-,14-/m11111/s1. The van der Waals surface area contributed by atoms with Crippen LogP contribution in [-0.4, -0.2) is 140 Å². The van der Waals surface area contributed by atoms with Crippen LogP contribution in [0, 0.1) is 0 Å².